The molecule has 4 heterocycles. The highest BCUT2D eigenvalue weighted by Gasteiger charge is 2.21. The number of nitrogens with one attached hydrogen (secondary N) is 1. The third-order valence-electron chi connectivity index (χ3n) is 4.74. The second-order valence-corrected chi connectivity index (χ2v) is 8.58. The summed E-state index contributed by atoms with van der Waals surface area (Å²) in [4.78, 5) is 17.9. The molecule has 0 atom stereocenters. The highest BCUT2D eigenvalue weighted by atomic mass is 32.1. The van der Waals surface area contributed by atoms with Crippen LogP contribution in [0.25, 0.3) is 21.6 Å². The van der Waals surface area contributed by atoms with Gasteiger partial charge in [-0.1, -0.05) is 6.07 Å². The molecular weight excluding hydrogens is 360 g/mol. The molecule has 0 aromatic carbocycles. The van der Waals surface area contributed by atoms with E-state index in [-0.39, 0.29) is 0 Å². The van der Waals surface area contributed by atoms with Crippen LogP contribution < -0.4 is 5.32 Å². The first kappa shape index (κ1) is 15.9. The predicted octanol–water partition coefficient (Wildman–Crippen LogP) is 5.31. The third-order valence-corrected chi connectivity index (χ3v) is 6.81. The van der Waals surface area contributed by atoms with Crippen molar-refractivity contribution in [1.29, 1.82) is 0 Å². The van der Waals surface area contributed by atoms with Crippen molar-refractivity contribution in [2.45, 2.75) is 32.2 Å². The van der Waals surface area contributed by atoms with E-state index >= 15 is 0 Å². The number of thiophene rings is 2. The fourth-order valence-corrected chi connectivity index (χ4v) is 5.40. The minimum atomic E-state index is 0.748. The van der Waals surface area contributed by atoms with Crippen LogP contribution in [-0.4, -0.2) is 15.0 Å². The highest BCUT2D eigenvalue weighted by molar-refractivity contribution is 7.19. The smallest absolute Gasteiger partial charge is 0.164 e. The maximum absolute atomic E-state index is 4.90. The molecule has 0 radical (unpaired) electrons. The van der Waals surface area contributed by atoms with Gasteiger partial charge < -0.3 is 5.32 Å². The van der Waals surface area contributed by atoms with Crippen molar-refractivity contribution in [2.24, 2.45) is 0 Å². The number of anilines is 1. The Morgan fingerprint density at radius 1 is 1.08 bits per heavy atom. The first-order chi connectivity index (χ1) is 12.9. The molecule has 0 spiro atoms. The number of fused-ring (bicyclic) bond motifs is 3. The fraction of sp³-hybridized carbons (Fsp3) is 0.250. The van der Waals surface area contributed by atoms with Crippen molar-refractivity contribution in [3.63, 3.8) is 0 Å². The molecule has 26 heavy (non-hydrogen) atoms. The van der Waals surface area contributed by atoms with E-state index in [0.717, 1.165) is 35.0 Å². The van der Waals surface area contributed by atoms with Gasteiger partial charge in [-0.25, -0.2) is 9.97 Å². The van der Waals surface area contributed by atoms with Crippen molar-refractivity contribution in [1.82, 2.24) is 15.0 Å². The molecule has 0 saturated heterocycles. The highest BCUT2D eigenvalue weighted by Crippen LogP contribution is 2.39. The molecule has 6 heteroatoms. The summed E-state index contributed by atoms with van der Waals surface area (Å²) in [6.45, 7) is 0.793. The van der Waals surface area contributed by atoms with Crippen molar-refractivity contribution in [2.75, 3.05) is 5.32 Å². The van der Waals surface area contributed by atoms with Gasteiger partial charge in [0.2, 0.25) is 0 Å². The normalized spacial score (nSPS) is 13.7. The molecule has 130 valence electrons. The first-order valence-corrected chi connectivity index (χ1v) is 10.6. The molecule has 1 aliphatic rings. The lowest BCUT2D eigenvalue weighted by molar-refractivity contribution is 0.700. The maximum atomic E-state index is 4.90. The largest absolute Gasteiger partial charge is 0.365 e. The van der Waals surface area contributed by atoms with Gasteiger partial charge in [0, 0.05) is 27.7 Å². The van der Waals surface area contributed by atoms with E-state index in [4.69, 9.17) is 9.97 Å². The molecule has 0 unspecified atom stereocenters. The molecule has 0 bridgehead atoms. The zero-order chi connectivity index (χ0) is 17.3. The van der Waals surface area contributed by atoms with Crippen molar-refractivity contribution < 1.29 is 0 Å². The molecule has 0 amide bonds. The van der Waals surface area contributed by atoms with Crippen LogP contribution in [0.1, 0.15) is 28.2 Å². The average molecular weight is 379 g/mol. The molecule has 5 rings (SSSR count). The van der Waals surface area contributed by atoms with Gasteiger partial charge in [-0.3, -0.25) is 4.98 Å². The van der Waals surface area contributed by atoms with Crippen LogP contribution in [-0.2, 0) is 19.4 Å². The lowest BCUT2D eigenvalue weighted by atomic mass is 9.97. The van der Waals surface area contributed by atoms with Crippen LogP contribution in [0.2, 0.25) is 0 Å². The number of aryl methyl sites for hydroxylation is 2. The van der Waals surface area contributed by atoms with Crippen molar-refractivity contribution in [3.8, 4) is 11.4 Å². The third kappa shape index (κ3) is 2.89. The van der Waals surface area contributed by atoms with Gasteiger partial charge in [-0.05, 0) is 54.8 Å². The molecule has 4 aromatic heterocycles. The van der Waals surface area contributed by atoms with Gasteiger partial charge in [0.25, 0.3) is 0 Å². The summed E-state index contributed by atoms with van der Waals surface area (Å²) in [5.41, 5.74) is 2.42. The van der Waals surface area contributed by atoms with Gasteiger partial charge in [0.15, 0.2) is 5.82 Å². The number of pyridine rings is 1. The Kier molecular flexibility index (Phi) is 4.15. The number of nitrogens with zero attached hydrogens (tertiary/aromatic N) is 3. The Morgan fingerprint density at radius 2 is 2.04 bits per heavy atom. The van der Waals surface area contributed by atoms with E-state index in [0.29, 0.717) is 0 Å². The molecule has 0 aliphatic heterocycles. The minimum absolute atomic E-state index is 0.748. The van der Waals surface area contributed by atoms with Gasteiger partial charge in [-0.2, -0.15) is 0 Å². The van der Waals surface area contributed by atoms with Crippen LogP contribution in [0.15, 0.2) is 42.0 Å². The summed E-state index contributed by atoms with van der Waals surface area (Å²) >= 11 is 3.60. The Morgan fingerprint density at radius 3 is 2.88 bits per heavy atom. The van der Waals surface area contributed by atoms with E-state index in [1.165, 1.54) is 40.0 Å². The second kappa shape index (κ2) is 6.78. The maximum Gasteiger partial charge on any atom is 0.164 e. The van der Waals surface area contributed by atoms with Crippen LogP contribution in [0, 0.1) is 0 Å². The topological polar surface area (TPSA) is 50.7 Å². The summed E-state index contributed by atoms with van der Waals surface area (Å²) in [5, 5.41) is 6.92. The van der Waals surface area contributed by atoms with Crippen molar-refractivity contribution >= 4 is 38.7 Å². The average Bonchev–Trinajstić information content (AvgIpc) is 3.34. The Hall–Kier alpha value is -2.31. The summed E-state index contributed by atoms with van der Waals surface area (Å²) in [5.74, 6) is 1.71. The van der Waals surface area contributed by atoms with Crippen molar-refractivity contribution in [3.05, 3.63) is 57.4 Å². The monoisotopic (exact) mass is 378 g/mol. The zero-order valence-corrected chi connectivity index (χ0v) is 15.9. The van der Waals surface area contributed by atoms with Gasteiger partial charge >= 0.3 is 0 Å². The standard InChI is InChI=1S/C20H18N4S2/c1-2-8-16-15(7-1)17-19(22-12-14-6-4-10-25-14)23-18(24-20(17)26-16)13-5-3-9-21-11-13/h3-6,9-11H,1-2,7-8,12H2,(H,22,23,24). The Balaban J connectivity index is 1.64. The molecule has 1 aliphatic carbocycles. The number of rotatable bonds is 4. The van der Waals surface area contributed by atoms with E-state index in [2.05, 4.69) is 27.8 Å². The molecule has 0 fully saturated rings. The first-order valence-electron chi connectivity index (χ1n) is 8.87. The SMILES string of the molecule is c1cncc(-c2nc(NCc3cccs3)c3c4c(sc3n2)CCCC4)c1. The lowest BCUT2D eigenvalue weighted by Gasteiger charge is -2.13. The van der Waals surface area contributed by atoms with Gasteiger partial charge in [-0.15, -0.1) is 22.7 Å². The molecule has 0 saturated carbocycles. The Bertz CT molecular complexity index is 1040. The molecule has 1 N–H and O–H groups in total. The summed E-state index contributed by atoms with van der Waals surface area (Å²) in [6.07, 6.45) is 8.45. The molecule has 4 aromatic rings. The summed E-state index contributed by atoms with van der Waals surface area (Å²) in [7, 11) is 0. The van der Waals surface area contributed by atoms with E-state index < -0.39 is 0 Å². The zero-order valence-electron chi connectivity index (χ0n) is 14.2. The van der Waals surface area contributed by atoms with Crippen LogP contribution in [0.4, 0.5) is 5.82 Å². The second-order valence-electron chi connectivity index (χ2n) is 6.46. The number of hydrogen-bond donors (Lipinski definition) is 1. The van der Waals surface area contributed by atoms with Crippen LogP contribution >= 0.6 is 22.7 Å². The van der Waals surface area contributed by atoms with E-state index in [1.54, 1.807) is 17.5 Å². The van der Waals surface area contributed by atoms with Crippen LogP contribution in [0.3, 0.4) is 0 Å². The van der Waals surface area contributed by atoms with E-state index in [1.807, 2.05) is 29.7 Å². The Labute approximate surface area is 160 Å². The van der Waals surface area contributed by atoms with E-state index in [9.17, 15) is 0 Å². The quantitative estimate of drug-likeness (QED) is 0.523. The number of hydrogen-bond acceptors (Lipinski definition) is 6. The summed E-state index contributed by atoms with van der Waals surface area (Å²) < 4.78 is 0. The minimum Gasteiger partial charge on any atom is -0.365 e. The fourth-order valence-electron chi connectivity index (χ4n) is 3.49. The lowest BCUT2D eigenvalue weighted by Crippen LogP contribution is -2.05. The van der Waals surface area contributed by atoms with Gasteiger partial charge in [0.1, 0.15) is 10.6 Å². The molecule has 4 nitrogen and oxygen atoms in total. The predicted molar refractivity (Wildman–Crippen MR) is 109 cm³/mol. The summed E-state index contributed by atoms with van der Waals surface area (Å²) in [6, 6.07) is 8.19. The molecular formula is C20H18N4S2. The van der Waals surface area contributed by atoms with Crippen LogP contribution in [0.5, 0.6) is 0 Å². The number of aromatic nitrogens is 3. The van der Waals surface area contributed by atoms with Gasteiger partial charge in [0.05, 0.1) is 11.9 Å².